The van der Waals surface area contributed by atoms with Crippen molar-refractivity contribution in [3.63, 3.8) is 0 Å². The zero-order valence-electron chi connectivity index (χ0n) is 12.8. The summed E-state index contributed by atoms with van der Waals surface area (Å²) in [4.78, 5) is 2.34. The Morgan fingerprint density at radius 1 is 1.45 bits per heavy atom. The molecule has 4 heteroatoms. The molecule has 20 heavy (non-hydrogen) atoms. The molecule has 1 fully saturated rings. The molecule has 0 aromatic heterocycles. The van der Waals surface area contributed by atoms with Gasteiger partial charge >= 0.3 is 0 Å². The summed E-state index contributed by atoms with van der Waals surface area (Å²) < 4.78 is 18.6. The van der Waals surface area contributed by atoms with Gasteiger partial charge in [0.2, 0.25) is 0 Å². The molecular formula is C16H25FN2O. The number of hydrogen-bond donors (Lipinski definition) is 1. The second-order valence-electron chi connectivity index (χ2n) is 6.05. The van der Waals surface area contributed by atoms with Gasteiger partial charge < -0.3 is 15.0 Å². The van der Waals surface area contributed by atoms with Gasteiger partial charge in [0, 0.05) is 36.9 Å². The van der Waals surface area contributed by atoms with E-state index in [2.05, 4.69) is 31.0 Å². The van der Waals surface area contributed by atoms with E-state index in [1.165, 1.54) is 13.2 Å². The van der Waals surface area contributed by atoms with Crippen molar-refractivity contribution in [3.8, 4) is 5.75 Å². The molecule has 1 aromatic carbocycles. The van der Waals surface area contributed by atoms with Crippen molar-refractivity contribution in [3.05, 3.63) is 24.0 Å². The highest BCUT2D eigenvalue weighted by Crippen LogP contribution is 2.27. The summed E-state index contributed by atoms with van der Waals surface area (Å²) in [5, 5.41) is 3.59. The van der Waals surface area contributed by atoms with Gasteiger partial charge in [-0.1, -0.05) is 13.8 Å². The van der Waals surface area contributed by atoms with E-state index in [1.54, 1.807) is 6.07 Å². The summed E-state index contributed by atoms with van der Waals surface area (Å²) in [5.74, 6) is 0.678. The first-order valence-corrected chi connectivity index (χ1v) is 7.34. The second-order valence-corrected chi connectivity index (χ2v) is 6.05. The first-order chi connectivity index (χ1) is 9.51. The van der Waals surface area contributed by atoms with Crippen molar-refractivity contribution in [2.45, 2.75) is 39.3 Å². The Morgan fingerprint density at radius 2 is 2.20 bits per heavy atom. The smallest absolute Gasteiger partial charge is 0.165 e. The van der Waals surface area contributed by atoms with E-state index in [9.17, 15) is 4.39 Å². The van der Waals surface area contributed by atoms with Crippen LogP contribution in [0.25, 0.3) is 0 Å². The van der Waals surface area contributed by atoms with Crippen LogP contribution in [0.4, 0.5) is 10.1 Å². The molecular weight excluding hydrogens is 255 g/mol. The molecule has 2 rings (SSSR count). The highest BCUT2D eigenvalue weighted by molar-refractivity contribution is 5.52. The number of ether oxygens (including phenoxy) is 1. The van der Waals surface area contributed by atoms with Crippen LogP contribution >= 0.6 is 0 Å². The summed E-state index contributed by atoms with van der Waals surface area (Å²) in [7, 11) is 1.50. The fraction of sp³-hybridized carbons (Fsp3) is 0.625. The summed E-state index contributed by atoms with van der Waals surface area (Å²) in [5.41, 5.74) is 1.03. The van der Waals surface area contributed by atoms with Gasteiger partial charge in [0.05, 0.1) is 7.11 Å². The normalized spacial score (nSPS) is 23.2. The van der Waals surface area contributed by atoms with Crippen LogP contribution in [0.3, 0.4) is 0 Å². The molecule has 0 saturated carbocycles. The van der Waals surface area contributed by atoms with Gasteiger partial charge in [0.15, 0.2) is 11.6 Å². The lowest BCUT2D eigenvalue weighted by Gasteiger charge is -2.41. The van der Waals surface area contributed by atoms with Crippen molar-refractivity contribution in [1.29, 1.82) is 0 Å². The summed E-state index contributed by atoms with van der Waals surface area (Å²) >= 11 is 0. The predicted octanol–water partition coefficient (Wildman–Crippen LogP) is 3.05. The third-order valence-corrected chi connectivity index (χ3v) is 3.87. The molecule has 112 valence electrons. The minimum atomic E-state index is -0.308. The fourth-order valence-electron chi connectivity index (χ4n) is 2.84. The van der Waals surface area contributed by atoms with Crippen LogP contribution < -0.4 is 15.0 Å². The maximum atomic E-state index is 13.5. The molecule has 2 unspecified atom stereocenters. The van der Waals surface area contributed by atoms with Gasteiger partial charge in [0.1, 0.15) is 0 Å². The Kier molecular flexibility index (Phi) is 4.86. The largest absolute Gasteiger partial charge is 0.494 e. The van der Waals surface area contributed by atoms with Crippen LogP contribution in [-0.2, 0) is 0 Å². The number of nitrogens with zero attached hydrogens (tertiary/aromatic N) is 1. The summed E-state index contributed by atoms with van der Waals surface area (Å²) in [6, 6.07) is 6.01. The average Bonchev–Trinajstić information content (AvgIpc) is 2.41. The number of benzene rings is 1. The van der Waals surface area contributed by atoms with Crippen molar-refractivity contribution >= 4 is 5.69 Å². The zero-order chi connectivity index (χ0) is 14.7. The Morgan fingerprint density at radius 3 is 2.85 bits per heavy atom. The molecule has 0 spiro atoms. The molecule has 0 aliphatic carbocycles. The zero-order valence-corrected chi connectivity index (χ0v) is 12.8. The van der Waals surface area contributed by atoms with Gasteiger partial charge in [0.25, 0.3) is 0 Å². The van der Waals surface area contributed by atoms with Crippen LogP contribution in [-0.4, -0.2) is 32.3 Å². The SMILES string of the molecule is COc1cc(N2CC(CC(C)C)NCC2C)ccc1F. The van der Waals surface area contributed by atoms with Crippen LogP contribution in [0.5, 0.6) is 5.75 Å². The fourth-order valence-corrected chi connectivity index (χ4v) is 2.84. The van der Waals surface area contributed by atoms with Crippen molar-refractivity contribution < 1.29 is 9.13 Å². The first-order valence-electron chi connectivity index (χ1n) is 7.34. The Bertz CT molecular complexity index is 450. The molecule has 1 aliphatic heterocycles. The summed E-state index contributed by atoms with van der Waals surface area (Å²) in [6.07, 6.45) is 1.15. The molecule has 1 aliphatic rings. The van der Waals surface area contributed by atoms with Crippen LogP contribution in [0.2, 0.25) is 0 Å². The minimum Gasteiger partial charge on any atom is -0.494 e. The van der Waals surface area contributed by atoms with E-state index in [1.807, 2.05) is 6.07 Å². The molecule has 0 amide bonds. The number of piperazine rings is 1. The molecule has 1 saturated heterocycles. The predicted molar refractivity (Wildman–Crippen MR) is 81.0 cm³/mol. The monoisotopic (exact) mass is 280 g/mol. The third kappa shape index (κ3) is 3.42. The third-order valence-electron chi connectivity index (χ3n) is 3.87. The highest BCUT2D eigenvalue weighted by atomic mass is 19.1. The summed E-state index contributed by atoms with van der Waals surface area (Å²) in [6.45, 7) is 8.58. The molecule has 3 nitrogen and oxygen atoms in total. The van der Waals surface area contributed by atoms with E-state index in [0.717, 1.165) is 25.2 Å². The number of nitrogens with one attached hydrogen (secondary N) is 1. The van der Waals surface area contributed by atoms with Gasteiger partial charge in [-0.15, -0.1) is 0 Å². The van der Waals surface area contributed by atoms with Crippen molar-refractivity contribution in [1.82, 2.24) is 5.32 Å². The van der Waals surface area contributed by atoms with Crippen molar-refractivity contribution in [2.75, 3.05) is 25.1 Å². The first kappa shape index (κ1) is 15.1. The topological polar surface area (TPSA) is 24.5 Å². The Balaban J connectivity index is 2.16. The van der Waals surface area contributed by atoms with Gasteiger partial charge in [-0.25, -0.2) is 4.39 Å². The lowest BCUT2D eigenvalue weighted by molar-refractivity contribution is 0.354. The van der Waals surface area contributed by atoms with E-state index >= 15 is 0 Å². The van der Waals surface area contributed by atoms with Crippen molar-refractivity contribution in [2.24, 2.45) is 5.92 Å². The second kappa shape index (κ2) is 6.44. The van der Waals surface area contributed by atoms with E-state index in [-0.39, 0.29) is 5.82 Å². The lowest BCUT2D eigenvalue weighted by atomic mass is 9.99. The number of halogens is 1. The maximum absolute atomic E-state index is 13.5. The van der Waals surface area contributed by atoms with E-state index in [0.29, 0.717) is 23.8 Å². The number of rotatable bonds is 4. The average molecular weight is 280 g/mol. The number of hydrogen-bond acceptors (Lipinski definition) is 3. The molecule has 2 atom stereocenters. The molecule has 1 aromatic rings. The molecule has 0 radical (unpaired) electrons. The lowest BCUT2D eigenvalue weighted by Crippen LogP contribution is -2.56. The molecule has 0 bridgehead atoms. The minimum absolute atomic E-state index is 0.308. The number of anilines is 1. The standard InChI is InChI=1S/C16H25FN2O/c1-11(2)7-13-10-19(12(3)9-18-13)14-5-6-15(17)16(8-14)20-4/h5-6,8,11-13,18H,7,9-10H2,1-4H3. The Labute approximate surface area is 121 Å². The van der Waals surface area contributed by atoms with E-state index in [4.69, 9.17) is 4.74 Å². The Hall–Kier alpha value is -1.29. The highest BCUT2D eigenvalue weighted by Gasteiger charge is 2.26. The van der Waals surface area contributed by atoms with Gasteiger partial charge in [-0.05, 0) is 31.4 Å². The van der Waals surface area contributed by atoms with E-state index < -0.39 is 0 Å². The van der Waals surface area contributed by atoms with Gasteiger partial charge in [-0.2, -0.15) is 0 Å². The maximum Gasteiger partial charge on any atom is 0.165 e. The van der Waals surface area contributed by atoms with Gasteiger partial charge in [-0.3, -0.25) is 0 Å². The van der Waals surface area contributed by atoms with Crippen LogP contribution in [0.15, 0.2) is 18.2 Å². The molecule has 1 N–H and O–H groups in total. The molecule has 1 heterocycles. The van der Waals surface area contributed by atoms with Crippen LogP contribution in [0.1, 0.15) is 27.2 Å². The number of methoxy groups -OCH3 is 1. The van der Waals surface area contributed by atoms with Crippen LogP contribution in [0, 0.1) is 11.7 Å². The quantitative estimate of drug-likeness (QED) is 0.917.